The van der Waals surface area contributed by atoms with Crippen molar-refractivity contribution in [2.45, 2.75) is 35.9 Å². The van der Waals surface area contributed by atoms with E-state index in [9.17, 15) is 52.7 Å². The maximum atomic E-state index is 13.2. The summed E-state index contributed by atoms with van der Waals surface area (Å²) >= 11 is 0. The van der Waals surface area contributed by atoms with Crippen LogP contribution in [-0.4, -0.2) is 45.9 Å². The molecule has 0 aromatic rings. The molecule has 1 heterocycles. The van der Waals surface area contributed by atoms with E-state index in [1.165, 1.54) is 0 Å². The highest BCUT2D eigenvalue weighted by Gasteiger charge is 2.97. The molecular weight excluding hydrogens is 354 g/mol. The van der Waals surface area contributed by atoms with E-state index in [0.29, 0.717) is 0 Å². The van der Waals surface area contributed by atoms with Crippen LogP contribution >= 0.6 is 0 Å². The van der Waals surface area contributed by atoms with Crippen LogP contribution < -0.4 is 0 Å². The van der Waals surface area contributed by atoms with Gasteiger partial charge in [-0.15, -0.1) is 4.90 Å². The monoisotopic (exact) mass is 357 g/mol. The highest BCUT2D eigenvalue weighted by atomic mass is 19.4. The van der Waals surface area contributed by atoms with Crippen LogP contribution in [0.5, 0.6) is 0 Å². The molecule has 0 atom stereocenters. The number of hydrogen-bond acceptors (Lipinski definition) is 2. The van der Waals surface area contributed by atoms with Gasteiger partial charge in [0.1, 0.15) is 0 Å². The molecule has 0 aliphatic carbocycles. The molecule has 0 aromatic carbocycles. The number of hydrogen-bond donors (Lipinski definition) is 1. The third-order valence-electron chi connectivity index (χ3n) is 2.73. The molecule has 0 amide bonds. The van der Waals surface area contributed by atoms with Crippen LogP contribution in [0.2, 0.25) is 0 Å². The lowest BCUT2D eigenvalue weighted by molar-refractivity contribution is -0.404. The van der Waals surface area contributed by atoms with Gasteiger partial charge in [-0.1, -0.05) is 6.58 Å². The Labute approximate surface area is 112 Å². The lowest BCUT2D eigenvalue weighted by Gasteiger charge is -2.37. The fourth-order valence-corrected chi connectivity index (χ4v) is 1.50. The van der Waals surface area contributed by atoms with Crippen LogP contribution in [0.15, 0.2) is 12.3 Å². The van der Waals surface area contributed by atoms with E-state index in [-0.39, 0.29) is 0 Å². The van der Waals surface area contributed by atoms with E-state index in [2.05, 4.69) is 0 Å². The quantitative estimate of drug-likeness (QED) is 0.468. The summed E-state index contributed by atoms with van der Waals surface area (Å²) in [7, 11) is 0. The maximum Gasteiger partial charge on any atom is 0.394 e. The van der Waals surface area contributed by atoms with Gasteiger partial charge in [0.25, 0.3) is 0 Å². The number of rotatable bonds is 3. The lowest BCUT2D eigenvalue weighted by Crippen LogP contribution is -2.65. The summed E-state index contributed by atoms with van der Waals surface area (Å²) in [6.07, 6.45) is 0. The van der Waals surface area contributed by atoms with E-state index in [1.54, 1.807) is 6.58 Å². The SMILES string of the molecule is C=C(O)C(F)(F)C(F)(F)N1C(F)(F)C(F)(F)C(F)(F)C1(F)F. The van der Waals surface area contributed by atoms with Crippen molar-refractivity contribution >= 4 is 0 Å². The summed E-state index contributed by atoms with van der Waals surface area (Å²) in [4.78, 5) is -3.62. The molecule has 14 heteroatoms. The van der Waals surface area contributed by atoms with Crippen molar-refractivity contribution in [1.29, 1.82) is 0 Å². The van der Waals surface area contributed by atoms with Crippen molar-refractivity contribution in [2.75, 3.05) is 0 Å². The van der Waals surface area contributed by atoms with Crippen LogP contribution in [0.1, 0.15) is 0 Å². The minimum atomic E-state index is -7.11. The predicted octanol–water partition coefficient (Wildman–Crippen LogP) is 4.06. The largest absolute Gasteiger partial charge is 0.506 e. The predicted molar refractivity (Wildman–Crippen MR) is 43.3 cm³/mol. The Morgan fingerprint density at radius 2 is 1.05 bits per heavy atom. The number of likely N-dealkylation sites (tertiary alicyclic amines) is 1. The number of halogens is 12. The van der Waals surface area contributed by atoms with E-state index < -0.39 is 46.6 Å². The zero-order chi connectivity index (χ0) is 18.2. The normalized spacial score (nSPS) is 26.9. The summed E-state index contributed by atoms with van der Waals surface area (Å²) < 4.78 is 155. The van der Waals surface area contributed by atoms with Gasteiger partial charge in [-0.05, 0) is 0 Å². The molecule has 22 heavy (non-hydrogen) atoms. The minimum Gasteiger partial charge on any atom is -0.506 e. The van der Waals surface area contributed by atoms with Crippen LogP contribution in [0.3, 0.4) is 0 Å². The van der Waals surface area contributed by atoms with Gasteiger partial charge in [-0.3, -0.25) is 0 Å². The van der Waals surface area contributed by atoms with Gasteiger partial charge < -0.3 is 5.11 Å². The van der Waals surface area contributed by atoms with Gasteiger partial charge in [0.05, 0.1) is 0 Å². The van der Waals surface area contributed by atoms with E-state index in [0.717, 1.165) is 0 Å². The summed E-state index contributed by atoms with van der Waals surface area (Å²) in [6.45, 7) is 1.77. The molecule has 1 aliphatic rings. The molecule has 0 unspecified atom stereocenters. The Morgan fingerprint density at radius 1 is 0.773 bits per heavy atom. The zero-order valence-corrected chi connectivity index (χ0v) is 9.64. The Hall–Kier alpha value is -1.34. The molecule has 0 spiro atoms. The molecule has 1 fully saturated rings. The van der Waals surface area contributed by atoms with Crippen LogP contribution in [0, 0.1) is 0 Å². The Morgan fingerprint density at radius 3 is 1.27 bits per heavy atom. The fourth-order valence-electron chi connectivity index (χ4n) is 1.50. The molecule has 2 nitrogen and oxygen atoms in total. The second-order valence-corrected chi connectivity index (χ2v) is 4.13. The third-order valence-corrected chi connectivity index (χ3v) is 2.73. The highest BCUT2D eigenvalue weighted by molar-refractivity contribution is 5.17. The number of aliphatic hydroxyl groups excluding tert-OH is 1. The molecule has 0 radical (unpaired) electrons. The van der Waals surface area contributed by atoms with Crippen molar-refractivity contribution in [3.05, 3.63) is 12.3 Å². The van der Waals surface area contributed by atoms with Gasteiger partial charge in [0, 0.05) is 0 Å². The summed E-state index contributed by atoms with van der Waals surface area (Å²) in [5.74, 6) is -23.6. The van der Waals surface area contributed by atoms with Gasteiger partial charge in [0.2, 0.25) is 0 Å². The fraction of sp³-hybridized carbons (Fsp3) is 0.750. The average molecular weight is 357 g/mol. The van der Waals surface area contributed by atoms with E-state index in [4.69, 9.17) is 5.11 Å². The summed E-state index contributed by atoms with van der Waals surface area (Å²) in [5.41, 5.74) is 0. The average Bonchev–Trinajstić information content (AvgIpc) is 2.32. The lowest BCUT2D eigenvalue weighted by atomic mass is 10.2. The van der Waals surface area contributed by atoms with Crippen molar-refractivity contribution < 1.29 is 57.8 Å². The molecule has 0 saturated carbocycles. The minimum absolute atomic E-state index is 1.77. The first kappa shape index (κ1) is 18.7. The Balaban J connectivity index is 3.69. The summed E-state index contributed by atoms with van der Waals surface area (Å²) in [6, 6.07) is -21.2. The molecule has 1 rings (SSSR count). The first-order chi connectivity index (χ1) is 9.31. The van der Waals surface area contributed by atoms with Crippen molar-refractivity contribution in [3.63, 3.8) is 0 Å². The van der Waals surface area contributed by atoms with Crippen molar-refractivity contribution in [2.24, 2.45) is 0 Å². The van der Waals surface area contributed by atoms with Gasteiger partial charge in [-0.25, -0.2) is 0 Å². The molecule has 1 saturated heterocycles. The zero-order valence-electron chi connectivity index (χ0n) is 9.64. The van der Waals surface area contributed by atoms with Crippen LogP contribution in [-0.2, 0) is 0 Å². The number of nitrogens with zero attached hydrogens (tertiary/aromatic N) is 1. The molecule has 0 aromatic heterocycles. The molecule has 130 valence electrons. The Kier molecular flexibility index (Phi) is 3.52. The van der Waals surface area contributed by atoms with Crippen molar-refractivity contribution in [3.8, 4) is 0 Å². The Bertz CT molecular complexity index is 471. The van der Waals surface area contributed by atoms with Crippen molar-refractivity contribution in [1.82, 2.24) is 4.90 Å². The third kappa shape index (κ3) is 1.69. The highest BCUT2D eigenvalue weighted by Crippen LogP contribution is 2.66. The molecule has 0 bridgehead atoms. The second-order valence-electron chi connectivity index (χ2n) is 4.13. The van der Waals surface area contributed by atoms with E-state index in [1.807, 2.05) is 0 Å². The molecular formula is C8H3F12NO. The standard InChI is InChI=1S/C8H3F12NO/c1-2(22)3(9,10)6(15,16)21-7(17,18)4(11,12)5(13,14)8(21,19)20/h22H,1H2. The number of aliphatic hydroxyl groups is 1. The van der Waals surface area contributed by atoms with E-state index >= 15 is 0 Å². The number of alkyl halides is 12. The molecule has 1 aliphatic heterocycles. The van der Waals surface area contributed by atoms with Gasteiger partial charge >= 0.3 is 35.9 Å². The molecule has 1 N–H and O–H groups in total. The first-order valence-electron chi connectivity index (χ1n) is 4.77. The smallest absolute Gasteiger partial charge is 0.394 e. The van der Waals surface area contributed by atoms with Gasteiger partial charge in [0.15, 0.2) is 5.76 Å². The van der Waals surface area contributed by atoms with Crippen LogP contribution in [0.25, 0.3) is 0 Å². The first-order valence-corrected chi connectivity index (χ1v) is 4.77. The summed E-state index contributed by atoms with van der Waals surface area (Å²) in [5, 5.41) is 8.16. The maximum absolute atomic E-state index is 13.2. The van der Waals surface area contributed by atoms with Crippen LogP contribution in [0.4, 0.5) is 52.7 Å². The second kappa shape index (κ2) is 4.14. The van der Waals surface area contributed by atoms with Gasteiger partial charge in [-0.2, -0.15) is 52.7 Å². The topological polar surface area (TPSA) is 23.5 Å².